The number of allylic oxidation sites excluding steroid dienone is 2. The SMILES string of the molecule is C=c1cc2c(c/c1=C/C=C(\C)c1cc(-c3ccccc3)nc(-c3ccccc3)n1)Cc1cc(-n3c4ccccc4c4cccc(C)c43)ccc1C2. The molecule has 51 heavy (non-hydrogen) atoms. The molecular formula is C48H37N3. The number of nitrogens with zero attached hydrogens (tertiary/aromatic N) is 3. The number of fused-ring (bicyclic) bond motifs is 5. The average Bonchev–Trinajstić information content (AvgIpc) is 3.52. The third-order valence-corrected chi connectivity index (χ3v) is 10.3. The van der Waals surface area contributed by atoms with Crippen LogP contribution in [-0.4, -0.2) is 14.5 Å². The summed E-state index contributed by atoms with van der Waals surface area (Å²) in [5, 5.41) is 4.76. The Morgan fingerprint density at radius 1 is 0.647 bits per heavy atom. The zero-order valence-electron chi connectivity index (χ0n) is 28.9. The van der Waals surface area contributed by atoms with E-state index in [1.807, 2.05) is 36.4 Å². The lowest BCUT2D eigenvalue weighted by molar-refractivity contribution is 0.987. The Bertz CT molecular complexity index is 2710. The highest BCUT2D eigenvalue weighted by Crippen LogP contribution is 2.35. The van der Waals surface area contributed by atoms with Gasteiger partial charge in [0.2, 0.25) is 0 Å². The molecule has 3 nitrogen and oxygen atoms in total. The second-order valence-corrected chi connectivity index (χ2v) is 13.7. The molecule has 2 heterocycles. The summed E-state index contributed by atoms with van der Waals surface area (Å²) in [5.41, 5.74) is 15.5. The van der Waals surface area contributed by atoms with Crippen LogP contribution in [-0.2, 0) is 12.8 Å². The quantitative estimate of drug-likeness (QED) is 0.185. The maximum Gasteiger partial charge on any atom is 0.160 e. The van der Waals surface area contributed by atoms with Crippen molar-refractivity contribution >= 4 is 40.0 Å². The van der Waals surface area contributed by atoms with Gasteiger partial charge in [-0.1, -0.05) is 134 Å². The lowest BCUT2D eigenvalue weighted by Gasteiger charge is -2.21. The van der Waals surface area contributed by atoms with E-state index in [0.717, 1.165) is 57.2 Å². The molecular weight excluding hydrogens is 619 g/mol. The molecule has 0 amide bonds. The van der Waals surface area contributed by atoms with Crippen molar-refractivity contribution in [1.82, 2.24) is 14.5 Å². The minimum Gasteiger partial charge on any atom is -0.309 e. The summed E-state index contributed by atoms with van der Waals surface area (Å²) in [6, 6.07) is 49.6. The van der Waals surface area contributed by atoms with Crippen LogP contribution in [0.4, 0.5) is 0 Å². The molecule has 0 fully saturated rings. The smallest absolute Gasteiger partial charge is 0.160 e. The molecule has 8 aromatic rings. The highest BCUT2D eigenvalue weighted by Gasteiger charge is 2.19. The van der Waals surface area contributed by atoms with Crippen molar-refractivity contribution in [2.75, 3.05) is 0 Å². The van der Waals surface area contributed by atoms with Crippen LogP contribution in [0.25, 0.3) is 68.4 Å². The topological polar surface area (TPSA) is 30.7 Å². The second-order valence-electron chi connectivity index (χ2n) is 13.7. The zero-order valence-corrected chi connectivity index (χ0v) is 28.9. The van der Waals surface area contributed by atoms with Crippen LogP contribution < -0.4 is 10.4 Å². The van der Waals surface area contributed by atoms with Crippen LogP contribution in [0.5, 0.6) is 0 Å². The normalized spacial score (nSPS) is 13.1. The summed E-state index contributed by atoms with van der Waals surface area (Å²) >= 11 is 0. The first-order valence-corrected chi connectivity index (χ1v) is 17.6. The number of aryl methyl sites for hydroxylation is 1. The van der Waals surface area contributed by atoms with Gasteiger partial charge in [0.1, 0.15) is 0 Å². The average molecular weight is 656 g/mol. The van der Waals surface area contributed by atoms with Crippen molar-refractivity contribution in [2.45, 2.75) is 26.7 Å². The Morgan fingerprint density at radius 3 is 2.16 bits per heavy atom. The molecule has 0 bridgehead atoms. The van der Waals surface area contributed by atoms with Gasteiger partial charge in [-0.3, -0.25) is 0 Å². The number of benzene rings is 6. The first-order chi connectivity index (χ1) is 25.0. The van der Waals surface area contributed by atoms with E-state index in [1.54, 1.807) is 0 Å². The van der Waals surface area contributed by atoms with Gasteiger partial charge in [0.25, 0.3) is 0 Å². The van der Waals surface area contributed by atoms with Gasteiger partial charge in [0.05, 0.1) is 22.4 Å². The van der Waals surface area contributed by atoms with E-state index in [0.29, 0.717) is 0 Å². The van der Waals surface area contributed by atoms with Crippen LogP contribution in [0, 0.1) is 6.92 Å². The highest BCUT2D eigenvalue weighted by atomic mass is 15.0. The third-order valence-electron chi connectivity index (χ3n) is 10.3. The Balaban J connectivity index is 1.08. The first-order valence-electron chi connectivity index (χ1n) is 17.6. The van der Waals surface area contributed by atoms with Crippen molar-refractivity contribution < 1.29 is 0 Å². The van der Waals surface area contributed by atoms with Crippen LogP contribution in [0.15, 0.2) is 146 Å². The summed E-state index contributed by atoms with van der Waals surface area (Å²) < 4.78 is 2.45. The monoisotopic (exact) mass is 655 g/mol. The van der Waals surface area contributed by atoms with Gasteiger partial charge >= 0.3 is 0 Å². The molecule has 0 atom stereocenters. The predicted octanol–water partition coefficient (Wildman–Crippen LogP) is 10.0. The number of para-hydroxylation sites is 2. The molecule has 0 radical (unpaired) electrons. The van der Waals surface area contributed by atoms with Crippen molar-refractivity contribution in [1.29, 1.82) is 0 Å². The van der Waals surface area contributed by atoms with Crippen LogP contribution in [0.2, 0.25) is 0 Å². The van der Waals surface area contributed by atoms with Crippen molar-refractivity contribution in [3.63, 3.8) is 0 Å². The fourth-order valence-corrected chi connectivity index (χ4v) is 7.62. The standard InChI is InChI=1S/C48H37N3/c1-31(44-30-45(34-14-6-4-7-15-34)50-48(49-44)35-16-8-5-9-17-35)21-22-36-26-39-28-40-29-41(24-23-37(40)27-38(39)25-33(36)3)51-46-20-11-10-18-42(46)43-19-12-13-32(2)47(43)51/h4-26,29-30H,3,27-28H2,1-2H3/b31-21+,36-22-. The molecule has 0 N–H and O–H groups in total. The Morgan fingerprint density at radius 2 is 1.33 bits per heavy atom. The minimum absolute atomic E-state index is 0.723. The van der Waals surface area contributed by atoms with Gasteiger partial charge in [0.15, 0.2) is 5.82 Å². The highest BCUT2D eigenvalue weighted by molar-refractivity contribution is 6.10. The minimum atomic E-state index is 0.723. The summed E-state index contributed by atoms with van der Waals surface area (Å²) in [4.78, 5) is 9.97. The number of hydrogen-bond donors (Lipinski definition) is 0. The molecule has 2 aromatic heterocycles. The molecule has 9 rings (SSSR count). The lowest BCUT2D eigenvalue weighted by Crippen LogP contribution is -2.26. The van der Waals surface area contributed by atoms with E-state index in [2.05, 4.69) is 140 Å². The van der Waals surface area contributed by atoms with E-state index in [-0.39, 0.29) is 0 Å². The van der Waals surface area contributed by atoms with Gasteiger partial charge in [-0.25, -0.2) is 9.97 Å². The number of rotatable bonds is 5. The fraction of sp³-hybridized carbons (Fsp3) is 0.0833. The summed E-state index contributed by atoms with van der Waals surface area (Å²) in [6.45, 7) is 8.80. The summed E-state index contributed by atoms with van der Waals surface area (Å²) in [5.74, 6) is 0.723. The zero-order chi connectivity index (χ0) is 34.5. The van der Waals surface area contributed by atoms with E-state index >= 15 is 0 Å². The largest absolute Gasteiger partial charge is 0.309 e. The van der Waals surface area contributed by atoms with Gasteiger partial charge < -0.3 is 4.57 Å². The van der Waals surface area contributed by atoms with Crippen LogP contribution in [0.1, 0.15) is 40.4 Å². The van der Waals surface area contributed by atoms with Crippen LogP contribution >= 0.6 is 0 Å². The van der Waals surface area contributed by atoms with E-state index < -0.39 is 0 Å². The summed E-state index contributed by atoms with van der Waals surface area (Å²) in [6.07, 6.45) is 6.17. The summed E-state index contributed by atoms with van der Waals surface area (Å²) in [7, 11) is 0. The van der Waals surface area contributed by atoms with Gasteiger partial charge in [-0.05, 0) is 94.8 Å². The van der Waals surface area contributed by atoms with Crippen molar-refractivity contribution in [3.05, 3.63) is 190 Å². The van der Waals surface area contributed by atoms with Crippen LogP contribution in [0.3, 0.4) is 0 Å². The predicted molar refractivity (Wildman–Crippen MR) is 213 cm³/mol. The molecule has 3 heteroatoms. The molecule has 1 aliphatic rings. The molecule has 1 aliphatic carbocycles. The fourth-order valence-electron chi connectivity index (χ4n) is 7.62. The molecule has 0 saturated carbocycles. The molecule has 0 aliphatic heterocycles. The Labute approximate surface area is 298 Å². The lowest BCUT2D eigenvalue weighted by atomic mass is 9.85. The second kappa shape index (κ2) is 12.5. The van der Waals surface area contributed by atoms with Crippen molar-refractivity contribution in [3.8, 4) is 28.3 Å². The van der Waals surface area contributed by atoms with E-state index in [1.165, 1.54) is 55.3 Å². The molecule has 0 spiro atoms. The van der Waals surface area contributed by atoms with E-state index in [4.69, 9.17) is 9.97 Å². The van der Waals surface area contributed by atoms with Gasteiger partial charge in [0, 0.05) is 27.6 Å². The van der Waals surface area contributed by atoms with Gasteiger partial charge in [-0.15, -0.1) is 0 Å². The molecule has 0 unspecified atom stereocenters. The maximum absolute atomic E-state index is 5.01. The Kier molecular flexibility index (Phi) is 7.55. The van der Waals surface area contributed by atoms with Gasteiger partial charge in [-0.2, -0.15) is 0 Å². The number of aromatic nitrogens is 3. The third kappa shape index (κ3) is 5.57. The van der Waals surface area contributed by atoms with E-state index in [9.17, 15) is 0 Å². The van der Waals surface area contributed by atoms with Crippen molar-refractivity contribution in [2.24, 2.45) is 0 Å². The molecule has 244 valence electrons. The molecule has 6 aromatic carbocycles. The number of hydrogen-bond acceptors (Lipinski definition) is 2. The Hall–Kier alpha value is -6.32. The molecule has 0 saturated heterocycles. The maximum atomic E-state index is 5.01. The first kappa shape index (κ1) is 30.7.